The van der Waals surface area contributed by atoms with Crippen molar-refractivity contribution in [3.63, 3.8) is 0 Å². The van der Waals surface area contributed by atoms with Crippen molar-refractivity contribution in [3.8, 4) is 11.4 Å². The van der Waals surface area contributed by atoms with Gasteiger partial charge in [0.25, 0.3) is 0 Å². The van der Waals surface area contributed by atoms with Gasteiger partial charge in [-0.05, 0) is 18.9 Å². The van der Waals surface area contributed by atoms with Crippen LogP contribution in [0.2, 0.25) is 0 Å². The topological polar surface area (TPSA) is 78.1 Å². The van der Waals surface area contributed by atoms with Gasteiger partial charge in [-0.15, -0.1) is 0 Å². The van der Waals surface area contributed by atoms with Crippen molar-refractivity contribution in [2.24, 2.45) is 5.73 Å². The smallest absolute Gasteiger partial charge is 0.234 e. The first kappa shape index (κ1) is 12.4. The molecule has 0 atom stereocenters. The third-order valence-corrected chi connectivity index (χ3v) is 4.11. The Labute approximate surface area is 112 Å². The van der Waals surface area contributed by atoms with Crippen molar-refractivity contribution in [2.75, 3.05) is 6.54 Å². The number of rotatable bonds is 3. The van der Waals surface area contributed by atoms with E-state index in [1.807, 2.05) is 6.07 Å². The molecule has 0 spiro atoms. The van der Waals surface area contributed by atoms with E-state index >= 15 is 0 Å². The quantitative estimate of drug-likeness (QED) is 0.859. The summed E-state index contributed by atoms with van der Waals surface area (Å²) < 4.78 is 10.5. The Morgan fingerprint density at radius 1 is 1.21 bits per heavy atom. The lowest BCUT2D eigenvalue weighted by Gasteiger charge is -2.26. The van der Waals surface area contributed by atoms with E-state index in [1.54, 1.807) is 12.5 Å². The van der Waals surface area contributed by atoms with Gasteiger partial charge in [0.1, 0.15) is 6.26 Å². The average molecular weight is 261 g/mol. The zero-order valence-electron chi connectivity index (χ0n) is 11.0. The van der Waals surface area contributed by atoms with Crippen molar-refractivity contribution < 1.29 is 8.94 Å². The molecule has 0 bridgehead atoms. The molecule has 1 fully saturated rings. The van der Waals surface area contributed by atoms with Gasteiger partial charge in [0.2, 0.25) is 11.7 Å². The average Bonchev–Trinajstić information content (AvgIpc) is 3.06. The summed E-state index contributed by atoms with van der Waals surface area (Å²) in [5, 5.41) is 4.06. The molecule has 0 amide bonds. The van der Waals surface area contributed by atoms with Crippen molar-refractivity contribution >= 4 is 0 Å². The standard InChI is InChI=1S/C14H19N3O2/c15-10-14(6-3-1-2-4-7-14)13-16-12(17-19-13)11-5-8-18-9-11/h5,8-9H,1-4,6-7,10,15H2. The summed E-state index contributed by atoms with van der Waals surface area (Å²) in [6.45, 7) is 0.569. The zero-order chi connectivity index (χ0) is 13.1. The first-order valence-electron chi connectivity index (χ1n) is 6.91. The van der Waals surface area contributed by atoms with Crippen LogP contribution in [0.15, 0.2) is 27.5 Å². The lowest BCUT2D eigenvalue weighted by atomic mass is 9.80. The molecule has 2 aromatic rings. The number of furan rings is 1. The summed E-state index contributed by atoms with van der Waals surface area (Å²) in [6.07, 6.45) is 10.2. The first-order chi connectivity index (χ1) is 9.34. The minimum Gasteiger partial charge on any atom is -0.472 e. The fourth-order valence-corrected chi connectivity index (χ4v) is 2.86. The van der Waals surface area contributed by atoms with Crippen LogP contribution in [0.3, 0.4) is 0 Å². The second-order valence-corrected chi connectivity index (χ2v) is 5.33. The summed E-state index contributed by atoms with van der Waals surface area (Å²) in [5.74, 6) is 1.27. The zero-order valence-corrected chi connectivity index (χ0v) is 11.0. The number of hydrogen-bond acceptors (Lipinski definition) is 5. The monoisotopic (exact) mass is 261 g/mol. The maximum Gasteiger partial charge on any atom is 0.234 e. The van der Waals surface area contributed by atoms with Crippen molar-refractivity contribution in [2.45, 2.75) is 43.9 Å². The Morgan fingerprint density at radius 3 is 2.63 bits per heavy atom. The Morgan fingerprint density at radius 2 is 2.00 bits per heavy atom. The maximum atomic E-state index is 6.02. The number of nitrogens with two attached hydrogens (primary N) is 1. The Kier molecular flexibility index (Phi) is 3.38. The third-order valence-electron chi connectivity index (χ3n) is 4.11. The molecule has 2 N–H and O–H groups in total. The fraction of sp³-hybridized carbons (Fsp3) is 0.571. The van der Waals surface area contributed by atoms with E-state index in [0.717, 1.165) is 18.4 Å². The normalized spacial score (nSPS) is 19.2. The number of hydrogen-bond donors (Lipinski definition) is 1. The van der Waals surface area contributed by atoms with E-state index in [-0.39, 0.29) is 5.41 Å². The molecule has 0 unspecified atom stereocenters. The van der Waals surface area contributed by atoms with Gasteiger partial charge in [0.05, 0.1) is 17.2 Å². The van der Waals surface area contributed by atoms with Crippen LogP contribution >= 0.6 is 0 Å². The lowest BCUT2D eigenvalue weighted by molar-refractivity contribution is 0.257. The number of aromatic nitrogens is 2. The molecule has 19 heavy (non-hydrogen) atoms. The summed E-state index contributed by atoms with van der Waals surface area (Å²) in [5.41, 5.74) is 6.73. The molecule has 3 rings (SSSR count). The molecular formula is C14H19N3O2. The highest BCUT2D eigenvalue weighted by molar-refractivity contribution is 5.51. The van der Waals surface area contributed by atoms with Crippen LogP contribution in [-0.4, -0.2) is 16.7 Å². The van der Waals surface area contributed by atoms with Crippen molar-refractivity contribution in [1.29, 1.82) is 0 Å². The van der Waals surface area contributed by atoms with E-state index < -0.39 is 0 Å². The molecule has 5 nitrogen and oxygen atoms in total. The molecule has 1 aliphatic rings. The summed E-state index contributed by atoms with van der Waals surface area (Å²) in [4.78, 5) is 4.54. The van der Waals surface area contributed by atoms with Crippen LogP contribution < -0.4 is 5.73 Å². The van der Waals surface area contributed by atoms with E-state index in [1.165, 1.54) is 25.7 Å². The van der Waals surface area contributed by atoms with Gasteiger partial charge in [0.15, 0.2) is 0 Å². The van der Waals surface area contributed by atoms with Gasteiger partial charge in [-0.1, -0.05) is 30.8 Å². The van der Waals surface area contributed by atoms with Crippen LogP contribution in [0.5, 0.6) is 0 Å². The molecule has 0 aliphatic heterocycles. The Hall–Kier alpha value is -1.62. The van der Waals surface area contributed by atoms with E-state index in [2.05, 4.69) is 10.1 Å². The minimum atomic E-state index is -0.133. The lowest BCUT2D eigenvalue weighted by Crippen LogP contribution is -2.35. The fourth-order valence-electron chi connectivity index (χ4n) is 2.86. The van der Waals surface area contributed by atoms with Crippen LogP contribution in [-0.2, 0) is 5.41 Å². The highest BCUT2D eigenvalue weighted by Gasteiger charge is 2.37. The maximum absolute atomic E-state index is 6.02. The first-order valence-corrected chi connectivity index (χ1v) is 6.91. The van der Waals surface area contributed by atoms with Gasteiger partial charge in [-0.2, -0.15) is 4.98 Å². The van der Waals surface area contributed by atoms with Crippen LogP contribution in [0, 0.1) is 0 Å². The molecule has 102 valence electrons. The van der Waals surface area contributed by atoms with E-state index in [0.29, 0.717) is 18.3 Å². The second kappa shape index (κ2) is 5.17. The minimum absolute atomic E-state index is 0.133. The molecule has 1 aliphatic carbocycles. The van der Waals surface area contributed by atoms with E-state index in [9.17, 15) is 0 Å². The van der Waals surface area contributed by atoms with Crippen molar-refractivity contribution in [3.05, 3.63) is 24.5 Å². The largest absolute Gasteiger partial charge is 0.472 e. The molecule has 0 aromatic carbocycles. The molecule has 0 saturated heterocycles. The third kappa shape index (κ3) is 2.30. The predicted molar refractivity (Wildman–Crippen MR) is 70.4 cm³/mol. The molecule has 0 radical (unpaired) electrons. The van der Waals surface area contributed by atoms with Gasteiger partial charge < -0.3 is 14.7 Å². The van der Waals surface area contributed by atoms with Crippen LogP contribution in [0.1, 0.15) is 44.4 Å². The van der Waals surface area contributed by atoms with Crippen LogP contribution in [0.25, 0.3) is 11.4 Å². The molecule has 5 heteroatoms. The van der Waals surface area contributed by atoms with Crippen LogP contribution in [0.4, 0.5) is 0 Å². The van der Waals surface area contributed by atoms with E-state index in [4.69, 9.17) is 14.7 Å². The van der Waals surface area contributed by atoms with Gasteiger partial charge in [0, 0.05) is 6.54 Å². The summed E-state index contributed by atoms with van der Waals surface area (Å²) >= 11 is 0. The predicted octanol–water partition coefficient (Wildman–Crippen LogP) is 2.88. The molecular weight excluding hydrogens is 242 g/mol. The van der Waals surface area contributed by atoms with Crippen molar-refractivity contribution in [1.82, 2.24) is 10.1 Å². The Bertz CT molecular complexity index is 511. The SMILES string of the molecule is NCC1(c2nc(-c3ccoc3)no2)CCCCCC1. The van der Waals surface area contributed by atoms with Gasteiger partial charge in [-0.25, -0.2) is 0 Å². The highest BCUT2D eigenvalue weighted by Crippen LogP contribution is 2.37. The Balaban J connectivity index is 1.91. The second-order valence-electron chi connectivity index (χ2n) is 5.33. The van der Waals surface area contributed by atoms with Gasteiger partial charge >= 0.3 is 0 Å². The summed E-state index contributed by atoms with van der Waals surface area (Å²) in [7, 11) is 0. The number of nitrogens with zero attached hydrogens (tertiary/aromatic N) is 2. The highest BCUT2D eigenvalue weighted by atomic mass is 16.5. The molecule has 1 saturated carbocycles. The van der Waals surface area contributed by atoms with Gasteiger partial charge in [-0.3, -0.25) is 0 Å². The summed E-state index contributed by atoms with van der Waals surface area (Å²) in [6, 6.07) is 1.83. The molecule has 2 aromatic heterocycles. The molecule has 2 heterocycles.